The number of methoxy groups -OCH3 is 1. The average Bonchev–Trinajstić information content (AvgIpc) is 2.93. The summed E-state index contributed by atoms with van der Waals surface area (Å²) in [5, 5.41) is 12.6. The van der Waals surface area contributed by atoms with Gasteiger partial charge >= 0.3 is 0 Å². The maximum atomic E-state index is 12.8. The molecule has 3 aromatic carbocycles. The Morgan fingerprint density at radius 3 is 2.52 bits per heavy atom. The van der Waals surface area contributed by atoms with Crippen LogP contribution in [0.3, 0.4) is 0 Å². The zero-order valence-electron chi connectivity index (χ0n) is 13.6. The van der Waals surface area contributed by atoms with E-state index >= 15 is 0 Å². The Bertz CT molecular complexity index is 1090. The van der Waals surface area contributed by atoms with E-state index in [1.54, 1.807) is 31.4 Å². The molecule has 3 aromatic rings. The lowest BCUT2D eigenvalue weighted by atomic mass is 9.97. The van der Waals surface area contributed by atoms with Gasteiger partial charge in [-0.2, -0.15) is 0 Å². The van der Waals surface area contributed by atoms with Gasteiger partial charge in [0, 0.05) is 15.8 Å². The van der Waals surface area contributed by atoms with Crippen molar-refractivity contribution in [1.82, 2.24) is 0 Å². The zero-order valence-corrected chi connectivity index (χ0v) is 14.4. The molecule has 0 atom stereocenters. The molecule has 5 heteroatoms. The van der Waals surface area contributed by atoms with Gasteiger partial charge in [-0.25, -0.2) is 4.99 Å². The lowest BCUT2D eigenvalue weighted by Gasteiger charge is -2.11. The number of aryl methyl sites for hydroxylation is 1. The first kappa shape index (κ1) is 15.7. The van der Waals surface area contributed by atoms with Crippen molar-refractivity contribution < 1.29 is 14.6 Å². The van der Waals surface area contributed by atoms with Crippen LogP contribution in [0.1, 0.15) is 21.5 Å². The number of ether oxygens (including phenoxy) is 1. The van der Waals surface area contributed by atoms with Gasteiger partial charge in [-0.3, -0.25) is 4.79 Å². The summed E-state index contributed by atoms with van der Waals surface area (Å²) in [6.07, 6.45) is 0. The number of carbonyl (C=O) groups is 1. The first-order valence-corrected chi connectivity index (χ1v) is 8.11. The first-order chi connectivity index (χ1) is 12.0. The highest BCUT2D eigenvalue weighted by molar-refractivity contribution is 6.56. The fourth-order valence-corrected chi connectivity index (χ4v) is 3.48. The van der Waals surface area contributed by atoms with Crippen LogP contribution in [0.2, 0.25) is 5.02 Å². The molecule has 4 nitrogen and oxygen atoms in total. The number of ketones is 1. The molecule has 1 heterocycles. The number of nitrogens with zero attached hydrogens (tertiary/aromatic N) is 1. The maximum absolute atomic E-state index is 12.8. The second-order valence-corrected chi connectivity index (χ2v) is 6.37. The third-order valence-corrected chi connectivity index (χ3v) is 4.62. The summed E-state index contributed by atoms with van der Waals surface area (Å²) in [5.41, 5.74) is 2.41. The Kier molecular flexibility index (Phi) is 3.51. The van der Waals surface area contributed by atoms with Crippen LogP contribution in [-0.2, 0) is 0 Å². The van der Waals surface area contributed by atoms with Gasteiger partial charge in [0.1, 0.15) is 17.2 Å². The van der Waals surface area contributed by atoms with E-state index < -0.39 is 0 Å². The lowest BCUT2D eigenvalue weighted by Crippen LogP contribution is -2.11. The van der Waals surface area contributed by atoms with Gasteiger partial charge in [-0.1, -0.05) is 35.9 Å². The van der Waals surface area contributed by atoms with E-state index in [0.717, 1.165) is 10.9 Å². The SMILES string of the molecule is COc1cc(C2=Nc3c(C)cc(Cl)cc3C2=O)c(O)c2ccccc12. The Balaban J connectivity index is 1.98. The van der Waals surface area contributed by atoms with E-state index in [4.69, 9.17) is 16.3 Å². The van der Waals surface area contributed by atoms with Crippen LogP contribution in [0, 0.1) is 6.92 Å². The van der Waals surface area contributed by atoms with Crippen molar-refractivity contribution in [2.45, 2.75) is 6.92 Å². The fraction of sp³-hybridized carbons (Fsp3) is 0.100. The van der Waals surface area contributed by atoms with Gasteiger partial charge in [0.2, 0.25) is 5.78 Å². The molecular formula is C20H14ClNO3. The smallest absolute Gasteiger partial charge is 0.214 e. The fourth-order valence-electron chi connectivity index (χ4n) is 3.21. The molecule has 0 fully saturated rings. The topological polar surface area (TPSA) is 58.9 Å². The van der Waals surface area contributed by atoms with Crippen molar-refractivity contribution in [2.75, 3.05) is 7.11 Å². The monoisotopic (exact) mass is 351 g/mol. The average molecular weight is 352 g/mol. The van der Waals surface area contributed by atoms with Gasteiger partial charge in [-0.05, 0) is 30.7 Å². The van der Waals surface area contributed by atoms with Crippen LogP contribution in [0.25, 0.3) is 10.8 Å². The van der Waals surface area contributed by atoms with Crippen LogP contribution >= 0.6 is 11.6 Å². The van der Waals surface area contributed by atoms with E-state index in [1.807, 2.05) is 25.1 Å². The number of hydrogen-bond donors (Lipinski definition) is 1. The van der Waals surface area contributed by atoms with Crippen LogP contribution in [-0.4, -0.2) is 23.7 Å². The molecule has 0 amide bonds. The molecule has 4 rings (SSSR count). The van der Waals surface area contributed by atoms with Crippen molar-refractivity contribution in [2.24, 2.45) is 4.99 Å². The number of carbonyl (C=O) groups excluding carboxylic acids is 1. The number of halogens is 1. The van der Waals surface area contributed by atoms with E-state index in [1.165, 1.54) is 0 Å². The molecule has 0 unspecified atom stereocenters. The molecular weight excluding hydrogens is 338 g/mol. The second-order valence-electron chi connectivity index (χ2n) is 5.93. The highest BCUT2D eigenvalue weighted by atomic mass is 35.5. The molecule has 0 spiro atoms. The number of Topliss-reactive ketones (excluding diaryl/α,β-unsaturated/α-hetero) is 1. The number of fused-ring (bicyclic) bond motifs is 2. The van der Waals surface area contributed by atoms with Gasteiger partial charge < -0.3 is 9.84 Å². The summed E-state index contributed by atoms with van der Waals surface area (Å²) >= 11 is 6.07. The third kappa shape index (κ3) is 2.29. The van der Waals surface area contributed by atoms with Gasteiger partial charge in [0.25, 0.3) is 0 Å². The van der Waals surface area contributed by atoms with E-state index in [9.17, 15) is 9.90 Å². The highest BCUT2D eigenvalue weighted by Crippen LogP contribution is 2.40. The van der Waals surface area contributed by atoms with Crippen LogP contribution < -0.4 is 4.74 Å². The van der Waals surface area contributed by atoms with Crippen molar-refractivity contribution in [1.29, 1.82) is 0 Å². The molecule has 1 N–H and O–H groups in total. The predicted octanol–water partition coefficient (Wildman–Crippen LogP) is 4.83. The van der Waals surface area contributed by atoms with E-state index in [2.05, 4.69) is 4.99 Å². The quantitative estimate of drug-likeness (QED) is 0.719. The van der Waals surface area contributed by atoms with Crippen LogP contribution in [0.4, 0.5) is 5.69 Å². The number of phenolic OH excluding ortho intramolecular Hbond substituents is 1. The summed E-state index contributed by atoms with van der Waals surface area (Å²) in [7, 11) is 1.56. The zero-order chi connectivity index (χ0) is 17.7. The minimum Gasteiger partial charge on any atom is -0.507 e. The number of benzene rings is 3. The van der Waals surface area contributed by atoms with Crippen LogP contribution in [0.5, 0.6) is 11.5 Å². The van der Waals surface area contributed by atoms with Gasteiger partial charge in [0.05, 0.1) is 23.9 Å². The number of rotatable bonds is 2. The van der Waals surface area contributed by atoms with Crippen molar-refractivity contribution in [3.05, 3.63) is 64.2 Å². The molecule has 0 saturated heterocycles. The molecule has 124 valence electrons. The van der Waals surface area contributed by atoms with Crippen molar-refractivity contribution >= 4 is 39.6 Å². The summed E-state index contributed by atoms with van der Waals surface area (Å²) in [4.78, 5) is 17.3. The minimum atomic E-state index is -0.256. The normalized spacial score (nSPS) is 13.1. The maximum Gasteiger partial charge on any atom is 0.214 e. The number of hydrogen-bond acceptors (Lipinski definition) is 4. The number of phenols is 1. The van der Waals surface area contributed by atoms with Crippen molar-refractivity contribution in [3.63, 3.8) is 0 Å². The standard InChI is InChI=1S/C20H14ClNO3/c1-10-7-11(21)8-14-17(10)22-18(20(14)24)15-9-16(25-2)12-5-3-4-6-13(12)19(15)23/h3-9,23H,1-2H3. The third-order valence-electron chi connectivity index (χ3n) is 4.40. The highest BCUT2D eigenvalue weighted by Gasteiger charge is 2.30. The molecule has 0 bridgehead atoms. The molecule has 1 aliphatic heterocycles. The first-order valence-electron chi connectivity index (χ1n) is 7.74. The molecule has 25 heavy (non-hydrogen) atoms. The van der Waals surface area contributed by atoms with E-state index in [0.29, 0.717) is 33.0 Å². The summed E-state index contributed by atoms with van der Waals surface area (Å²) in [5.74, 6) is 0.331. The predicted molar refractivity (Wildman–Crippen MR) is 98.9 cm³/mol. The largest absolute Gasteiger partial charge is 0.507 e. The van der Waals surface area contributed by atoms with E-state index in [-0.39, 0.29) is 17.2 Å². The molecule has 0 radical (unpaired) electrons. The molecule has 0 aliphatic carbocycles. The second kappa shape index (κ2) is 5.60. The summed E-state index contributed by atoms with van der Waals surface area (Å²) < 4.78 is 5.44. The Morgan fingerprint density at radius 2 is 1.80 bits per heavy atom. The van der Waals surface area contributed by atoms with Crippen LogP contribution in [0.15, 0.2) is 47.5 Å². The Labute approximate surface area is 149 Å². The van der Waals surface area contributed by atoms with Crippen molar-refractivity contribution in [3.8, 4) is 11.5 Å². The Hall–Kier alpha value is -2.85. The molecule has 0 saturated carbocycles. The molecule has 1 aliphatic rings. The minimum absolute atomic E-state index is 0.0139. The number of aromatic hydroxyl groups is 1. The lowest BCUT2D eigenvalue weighted by molar-refractivity contribution is 0.107. The summed E-state index contributed by atoms with van der Waals surface area (Å²) in [6, 6.07) is 12.3. The number of aliphatic imine (C=N–C) groups is 1. The van der Waals surface area contributed by atoms with Gasteiger partial charge in [-0.15, -0.1) is 0 Å². The Morgan fingerprint density at radius 1 is 1.08 bits per heavy atom. The molecule has 0 aromatic heterocycles. The summed E-state index contributed by atoms with van der Waals surface area (Å²) in [6.45, 7) is 1.85. The van der Waals surface area contributed by atoms with Gasteiger partial charge in [0.15, 0.2) is 0 Å².